The molecule has 3 aromatic carbocycles. The van der Waals surface area contributed by atoms with Gasteiger partial charge in [0.1, 0.15) is 6.61 Å². The fourth-order valence-electron chi connectivity index (χ4n) is 2.40. The van der Waals surface area contributed by atoms with E-state index in [-0.39, 0.29) is 6.61 Å². The van der Waals surface area contributed by atoms with Crippen molar-refractivity contribution in [1.82, 2.24) is 0 Å². The van der Waals surface area contributed by atoms with E-state index in [9.17, 15) is 4.79 Å². The van der Waals surface area contributed by atoms with E-state index >= 15 is 0 Å². The minimum absolute atomic E-state index is 0.0775. The maximum atomic E-state index is 10.4. The molecule has 0 radical (unpaired) electrons. The van der Waals surface area contributed by atoms with Crippen molar-refractivity contribution in [2.75, 3.05) is 0 Å². The molecule has 0 atom stereocenters. The fourth-order valence-corrected chi connectivity index (χ4v) is 2.40. The Hall–Kier alpha value is -2.59. The number of fused-ring (bicyclic) bond motifs is 2. The minimum Gasteiger partial charge on any atom is -0.448 e. The van der Waals surface area contributed by atoms with Crippen molar-refractivity contribution in [1.29, 1.82) is 0 Å². The van der Waals surface area contributed by atoms with Crippen LogP contribution >= 0.6 is 0 Å². The van der Waals surface area contributed by atoms with E-state index < -0.39 is 6.16 Å². The molecule has 0 amide bonds. The highest BCUT2D eigenvalue weighted by atomic mass is 17.2. The van der Waals surface area contributed by atoms with Crippen molar-refractivity contribution < 1.29 is 19.7 Å². The van der Waals surface area contributed by atoms with Crippen molar-refractivity contribution in [3.8, 4) is 0 Å². The second-order valence-electron chi connectivity index (χ2n) is 4.41. The van der Waals surface area contributed by atoms with Crippen LogP contribution in [0.4, 0.5) is 4.79 Å². The molecule has 0 saturated carbocycles. The Morgan fingerprint density at radius 2 is 1.50 bits per heavy atom. The average Bonchev–Trinajstić information content (AvgIpc) is 2.46. The molecule has 0 heterocycles. The smallest absolute Gasteiger partial charge is 0.448 e. The van der Waals surface area contributed by atoms with Gasteiger partial charge in [0.2, 0.25) is 0 Å². The zero-order chi connectivity index (χ0) is 13.9. The SMILES string of the molecule is O=C(O)OOCc1c2ccccc2cc2ccccc12. The van der Waals surface area contributed by atoms with Crippen molar-refractivity contribution in [2.24, 2.45) is 0 Å². The molecular weight excluding hydrogens is 256 g/mol. The van der Waals surface area contributed by atoms with Crippen molar-refractivity contribution in [2.45, 2.75) is 6.61 Å². The van der Waals surface area contributed by atoms with Crippen LogP contribution in [0.1, 0.15) is 5.56 Å². The molecule has 20 heavy (non-hydrogen) atoms. The summed E-state index contributed by atoms with van der Waals surface area (Å²) < 4.78 is 0. The summed E-state index contributed by atoms with van der Waals surface area (Å²) in [5.74, 6) is 0. The lowest BCUT2D eigenvalue weighted by Crippen LogP contribution is -2.02. The number of rotatable bonds is 3. The Morgan fingerprint density at radius 1 is 0.950 bits per heavy atom. The molecule has 0 saturated heterocycles. The van der Waals surface area contributed by atoms with E-state index in [4.69, 9.17) is 9.99 Å². The molecule has 3 rings (SSSR count). The molecule has 0 spiro atoms. The van der Waals surface area contributed by atoms with E-state index in [0.717, 1.165) is 27.1 Å². The van der Waals surface area contributed by atoms with Gasteiger partial charge in [-0.1, -0.05) is 48.5 Å². The molecule has 0 fully saturated rings. The van der Waals surface area contributed by atoms with E-state index in [1.807, 2.05) is 48.5 Å². The van der Waals surface area contributed by atoms with Gasteiger partial charge in [-0.15, -0.1) is 0 Å². The number of hydrogen-bond donors (Lipinski definition) is 1. The van der Waals surface area contributed by atoms with Crippen LogP contribution in [-0.2, 0) is 16.4 Å². The van der Waals surface area contributed by atoms with E-state index in [0.29, 0.717) is 0 Å². The molecule has 4 nitrogen and oxygen atoms in total. The normalized spacial score (nSPS) is 10.8. The molecule has 0 aliphatic heterocycles. The monoisotopic (exact) mass is 268 g/mol. The van der Waals surface area contributed by atoms with Crippen LogP contribution in [0.25, 0.3) is 21.5 Å². The lowest BCUT2D eigenvalue weighted by atomic mass is 9.97. The molecule has 1 N–H and O–H groups in total. The summed E-state index contributed by atoms with van der Waals surface area (Å²) in [7, 11) is 0. The number of hydrogen-bond acceptors (Lipinski definition) is 3. The molecule has 0 aromatic heterocycles. The molecule has 0 unspecified atom stereocenters. The molecule has 100 valence electrons. The van der Waals surface area contributed by atoms with Crippen molar-refractivity contribution >= 4 is 27.7 Å². The Morgan fingerprint density at radius 3 is 2.05 bits per heavy atom. The first-order valence-corrected chi connectivity index (χ1v) is 6.17. The second-order valence-corrected chi connectivity index (χ2v) is 4.41. The summed E-state index contributed by atoms with van der Waals surface area (Å²) in [5.41, 5.74) is 0.917. The van der Waals surface area contributed by atoms with Crippen molar-refractivity contribution in [3.05, 3.63) is 60.2 Å². The third-order valence-electron chi connectivity index (χ3n) is 3.22. The van der Waals surface area contributed by atoms with Gasteiger partial charge >= 0.3 is 6.16 Å². The Bertz CT molecular complexity index is 726. The molecule has 4 heteroatoms. The van der Waals surface area contributed by atoms with Crippen LogP contribution in [0.2, 0.25) is 0 Å². The maximum absolute atomic E-state index is 10.4. The maximum Gasteiger partial charge on any atom is 0.537 e. The number of benzene rings is 3. The molecule has 0 aliphatic rings. The van der Waals surface area contributed by atoms with Crippen LogP contribution in [0.3, 0.4) is 0 Å². The number of carboxylic acid groups (broad SMARTS) is 1. The van der Waals surface area contributed by atoms with Gasteiger partial charge in [0.05, 0.1) is 0 Å². The first kappa shape index (κ1) is 12.4. The van der Waals surface area contributed by atoms with Gasteiger partial charge in [0.25, 0.3) is 0 Å². The second kappa shape index (κ2) is 5.19. The predicted molar refractivity (Wildman–Crippen MR) is 75.4 cm³/mol. The van der Waals surface area contributed by atoms with Crippen LogP contribution in [0.15, 0.2) is 54.6 Å². The van der Waals surface area contributed by atoms with Crippen LogP contribution < -0.4 is 0 Å². The van der Waals surface area contributed by atoms with Gasteiger partial charge < -0.3 is 5.11 Å². The van der Waals surface area contributed by atoms with Gasteiger partial charge in [-0.25, -0.2) is 4.79 Å². The highest BCUT2D eigenvalue weighted by Crippen LogP contribution is 2.28. The Labute approximate surface area is 115 Å². The van der Waals surface area contributed by atoms with E-state index in [2.05, 4.69) is 11.0 Å². The van der Waals surface area contributed by atoms with Gasteiger partial charge in [0.15, 0.2) is 0 Å². The lowest BCUT2D eigenvalue weighted by Gasteiger charge is -2.10. The Kier molecular flexibility index (Phi) is 3.23. The first-order valence-electron chi connectivity index (χ1n) is 6.17. The van der Waals surface area contributed by atoms with Crippen LogP contribution in [0.5, 0.6) is 0 Å². The molecular formula is C16H12O4. The predicted octanol–water partition coefficient (Wildman–Crippen LogP) is 4.12. The summed E-state index contributed by atoms with van der Waals surface area (Å²) in [6.45, 7) is 0.0775. The topological polar surface area (TPSA) is 55.8 Å². The highest BCUT2D eigenvalue weighted by Gasteiger charge is 2.09. The van der Waals surface area contributed by atoms with Crippen molar-refractivity contribution in [3.63, 3.8) is 0 Å². The summed E-state index contributed by atoms with van der Waals surface area (Å²) in [6, 6.07) is 17.9. The number of carbonyl (C=O) groups is 1. The van der Waals surface area contributed by atoms with Gasteiger partial charge in [-0.2, -0.15) is 4.89 Å². The zero-order valence-corrected chi connectivity index (χ0v) is 10.6. The largest absolute Gasteiger partial charge is 0.537 e. The molecule has 0 aliphatic carbocycles. The van der Waals surface area contributed by atoms with E-state index in [1.165, 1.54) is 0 Å². The summed E-state index contributed by atoms with van der Waals surface area (Å²) in [5, 5.41) is 12.7. The summed E-state index contributed by atoms with van der Waals surface area (Å²) in [4.78, 5) is 19.3. The van der Waals surface area contributed by atoms with Gasteiger partial charge in [-0.05, 0) is 33.2 Å². The molecule has 3 aromatic rings. The van der Waals surface area contributed by atoms with Crippen LogP contribution in [-0.4, -0.2) is 11.3 Å². The van der Waals surface area contributed by atoms with Gasteiger partial charge in [-0.3, -0.25) is 4.89 Å². The molecule has 0 bridgehead atoms. The quantitative estimate of drug-likeness (QED) is 0.441. The highest BCUT2D eigenvalue weighted by molar-refractivity contribution is 6.02. The van der Waals surface area contributed by atoms with E-state index in [1.54, 1.807) is 0 Å². The third-order valence-corrected chi connectivity index (χ3v) is 3.22. The third kappa shape index (κ3) is 2.29. The zero-order valence-electron chi connectivity index (χ0n) is 10.6. The summed E-state index contributed by atoms with van der Waals surface area (Å²) >= 11 is 0. The lowest BCUT2D eigenvalue weighted by molar-refractivity contribution is -0.260. The van der Waals surface area contributed by atoms with Crippen LogP contribution in [0, 0.1) is 0 Å². The van der Waals surface area contributed by atoms with Gasteiger partial charge in [0, 0.05) is 0 Å². The average molecular weight is 268 g/mol. The summed E-state index contributed by atoms with van der Waals surface area (Å²) in [6.07, 6.45) is -1.45. The fraction of sp³-hybridized carbons (Fsp3) is 0.0625. The minimum atomic E-state index is -1.45. The standard InChI is InChI=1S/C16H12O4/c17-16(18)20-19-10-15-13-7-3-1-5-11(13)9-12-6-2-4-8-14(12)15/h1-9H,10H2,(H,17,18). The Balaban J connectivity index is 2.15. The first-order chi connectivity index (χ1) is 9.75.